The largest absolute Gasteiger partial charge is 0.351 e. The highest BCUT2D eigenvalue weighted by Crippen LogP contribution is 2.68. The molecule has 1 aliphatic carbocycles. The van der Waals surface area contributed by atoms with Gasteiger partial charge in [0.15, 0.2) is 0 Å². The molecule has 4 nitrogen and oxygen atoms in total. The number of rotatable bonds is 3. The van der Waals surface area contributed by atoms with Gasteiger partial charge in [-0.3, -0.25) is 9.59 Å². The second-order valence-electron chi connectivity index (χ2n) is 7.99. The van der Waals surface area contributed by atoms with E-state index >= 15 is 0 Å². The summed E-state index contributed by atoms with van der Waals surface area (Å²) in [4.78, 5) is 24.5. The average Bonchev–Trinajstić information content (AvgIpc) is 2.91. The molecule has 2 fully saturated rings. The van der Waals surface area contributed by atoms with E-state index in [1.165, 1.54) is 0 Å². The van der Waals surface area contributed by atoms with Crippen LogP contribution in [0.3, 0.4) is 0 Å². The molecule has 1 saturated heterocycles. The van der Waals surface area contributed by atoms with Crippen molar-refractivity contribution in [3.8, 4) is 0 Å². The summed E-state index contributed by atoms with van der Waals surface area (Å²) in [5, 5.41) is 6.24. The van der Waals surface area contributed by atoms with Gasteiger partial charge in [-0.15, -0.1) is 0 Å². The van der Waals surface area contributed by atoms with Crippen molar-refractivity contribution in [3.05, 3.63) is 35.9 Å². The van der Waals surface area contributed by atoms with Crippen LogP contribution in [0, 0.1) is 16.7 Å². The third-order valence-corrected chi connectivity index (χ3v) is 6.17. The Morgan fingerprint density at radius 3 is 2.30 bits per heavy atom. The summed E-state index contributed by atoms with van der Waals surface area (Å²) in [6, 6.07) is 9.68. The molecule has 124 valence electrons. The first-order chi connectivity index (χ1) is 10.7. The van der Waals surface area contributed by atoms with Crippen LogP contribution in [-0.2, 0) is 9.59 Å². The van der Waals surface area contributed by atoms with Gasteiger partial charge in [0.25, 0.3) is 0 Å². The maximum Gasteiger partial charge on any atom is 0.224 e. The fourth-order valence-electron chi connectivity index (χ4n) is 4.05. The van der Waals surface area contributed by atoms with Crippen molar-refractivity contribution in [1.29, 1.82) is 0 Å². The average molecular weight is 314 g/mol. The SMILES string of the molecule is CC1(C)C(C(=O)N[C@@H]2CCC(=O)N[C@H]2c2ccccc2)C1(C)C. The van der Waals surface area contributed by atoms with Gasteiger partial charge in [-0.25, -0.2) is 0 Å². The number of nitrogens with one attached hydrogen (secondary N) is 2. The first-order valence-electron chi connectivity index (χ1n) is 8.40. The molecule has 0 bridgehead atoms. The fourth-order valence-corrected chi connectivity index (χ4v) is 4.05. The Bertz CT molecular complexity index is 608. The van der Waals surface area contributed by atoms with Crippen LogP contribution < -0.4 is 10.6 Å². The number of piperidine rings is 1. The van der Waals surface area contributed by atoms with E-state index in [1.54, 1.807) is 0 Å². The Labute approximate surface area is 138 Å². The van der Waals surface area contributed by atoms with Crippen LogP contribution in [0.25, 0.3) is 0 Å². The van der Waals surface area contributed by atoms with Crippen LogP contribution in [0.15, 0.2) is 30.3 Å². The van der Waals surface area contributed by atoms with Crippen LogP contribution in [0.2, 0.25) is 0 Å². The molecule has 3 rings (SSSR count). The third kappa shape index (κ3) is 2.64. The van der Waals surface area contributed by atoms with Crippen molar-refractivity contribution in [2.75, 3.05) is 0 Å². The molecule has 0 radical (unpaired) electrons. The van der Waals surface area contributed by atoms with Gasteiger partial charge in [0.1, 0.15) is 0 Å². The minimum absolute atomic E-state index is 0.0250. The maximum atomic E-state index is 12.7. The highest BCUT2D eigenvalue weighted by molar-refractivity contribution is 5.85. The van der Waals surface area contributed by atoms with Crippen LogP contribution in [0.4, 0.5) is 0 Å². The Morgan fingerprint density at radius 2 is 1.74 bits per heavy atom. The molecule has 1 aromatic carbocycles. The van der Waals surface area contributed by atoms with Crippen LogP contribution >= 0.6 is 0 Å². The molecule has 0 aromatic heterocycles. The minimum atomic E-state index is -0.147. The van der Waals surface area contributed by atoms with Crippen LogP contribution in [-0.4, -0.2) is 17.9 Å². The molecule has 0 unspecified atom stereocenters. The Hall–Kier alpha value is -1.84. The molecule has 1 aliphatic heterocycles. The monoisotopic (exact) mass is 314 g/mol. The van der Waals surface area contributed by atoms with Crippen LogP contribution in [0.5, 0.6) is 0 Å². The lowest BCUT2D eigenvalue weighted by Gasteiger charge is -2.33. The predicted octanol–water partition coefficient (Wildman–Crippen LogP) is 2.80. The van der Waals surface area contributed by atoms with Gasteiger partial charge in [0.2, 0.25) is 11.8 Å². The van der Waals surface area contributed by atoms with E-state index in [0.29, 0.717) is 12.8 Å². The molecule has 1 aromatic rings. The smallest absolute Gasteiger partial charge is 0.224 e. The molecular weight excluding hydrogens is 288 g/mol. The van der Waals surface area contributed by atoms with Gasteiger partial charge in [0.05, 0.1) is 12.1 Å². The van der Waals surface area contributed by atoms with Crippen molar-refractivity contribution in [1.82, 2.24) is 10.6 Å². The standard InChI is InChI=1S/C19H26N2O2/c1-18(2)16(19(18,3)4)17(23)20-13-10-11-14(22)21-15(13)12-8-6-5-7-9-12/h5-9,13,15-16H,10-11H2,1-4H3,(H,20,23)(H,21,22)/t13-,15+/m1/s1. The quantitative estimate of drug-likeness (QED) is 0.901. The molecule has 1 heterocycles. The first-order valence-corrected chi connectivity index (χ1v) is 8.40. The molecule has 1 saturated carbocycles. The van der Waals surface area contributed by atoms with Crippen molar-refractivity contribution < 1.29 is 9.59 Å². The van der Waals surface area contributed by atoms with E-state index in [0.717, 1.165) is 5.56 Å². The lowest BCUT2D eigenvalue weighted by atomic mass is 9.91. The predicted molar refractivity (Wildman–Crippen MR) is 89.5 cm³/mol. The van der Waals surface area contributed by atoms with Gasteiger partial charge in [-0.05, 0) is 22.8 Å². The van der Waals surface area contributed by atoms with Crippen molar-refractivity contribution in [3.63, 3.8) is 0 Å². The number of benzene rings is 1. The topological polar surface area (TPSA) is 58.2 Å². The number of carbonyl (C=O) groups excluding carboxylic acids is 2. The molecule has 2 N–H and O–H groups in total. The van der Waals surface area contributed by atoms with Gasteiger partial charge >= 0.3 is 0 Å². The van der Waals surface area contributed by atoms with Crippen molar-refractivity contribution in [2.24, 2.45) is 16.7 Å². The van der Waals surface area contributed by atoms with Crippen LogP contribution in [0.1, 0.15) is 52.1 Å². The number of hydrogen-bond acceptors (Lipinski definition) is 2. The summed E-state index contributed by atoms with van der Waals surface area (Å²) in [5.74, 6) is 0.197. The van der Waals surface area contributed by atoms with E-state index < -0.39 is 0 Å². The summed E-state index contributed by atoms with van der Waals surface area (Å²) < 4.78 is 0. The van der Waals surface area contributed by atoms with E-state index in [1.807, 2.05) is 30.3 Å². The second kappa shape index (κ2) is 5.36. The van der Waals surface area contributed by atoms with E-state index in [-0.39, 0.29) is 40.6 Å². The molecule has 2 amide bonds. The van der Waals surface area contributed by atoms with Gasteiger partial charge < -0.3 is 10.6 Å². The lowest BCUT2D eigenvalue weighted by molar-refractivity contribution is -0.128. The lowest BCUT2D eigenvalue weighted by Crippen LogP contribution is -2.50. The molecular formula is C19H26N2O2. The summed E-state index contributed by atoms with van der Waals surface area (Å²) in [7, 11) is 0. The summed E-state index contributed by atoms with van der Waals surface area (Å²) in [6.45, 7) is 8.59. The van der Waals surface area contributed by atoms with Gasteiger partial charge in [-0.2, -0.15) is 0 Å². The van der Waals surface area contributed by atoms with Crippen molar-refractivity contribution in [2.45, 2.75) is 52.6 Å². The normalized spacial score (nSPS) is 28.8. The number of carbonyl (C=O) groups is 2. The summed E-state index contributed by atoms with van der Waals surface area (Å²) in [6.07, 6.45) is 1.15. The molecule has 23 heavy (non-hydrogen) atoms. The molecule has 2 atom stereocenters. The van der Waals surface area contributed by atoms with Gasteiger partial charge in [-0.1, -0.05) is 58.0 Å². The maximum absolute atomic E-state index is 12.7. The molecule has 2 aliphatic rings. The van der Waals surface area contributed by atoms with E-state index in [9.17, 15) is 9.59 Å². The zero-order chi connectivity index (χ0) is 16.8. The van der Waals surface area contributed by atoms with E-state index in [2.05, 4.69) is 38.3 Å². The number of amides is 2. The van der Waals surface area contributed by atoms with Gasteiger partial charge in [0, 0.05) is 12.3 Å². The fraction of sp³-hybridized carbons (Fsp3) is 0.579. The summed E-state index contributed by atoms with van der Waals surface area (Å²) >= 11 is 0. The highest BCUT2D eigenvalue weighted by Gasteiger charge is 2.68. The number of hydrogen-bond donors (Lipinski definition) is 2. The zero-order valence-corrected chi connectivity index (χ0v) is 14.3. The minimum Gasteiger partial charge on any atom is -0.351 e. The van der Waals surface area contributed by atoms with Crippen molar-refractivity contribution >= 4 is 11.8 Å². The Morgan fingerprint density at radius 1 is 1.13 bits per heavy atom. The molecule has 4 heteroatoms. The van der Waals surface area contributed by atoms with E-state index in [4.69, 9.17) is 0 Å². The highest BCUT2D eigenvalue weighted by atomic mass is 16.2. The second-order valence-corrected chi connectivity index (χ2v) is 7.99. The Balaban J connectivity index is 1.75. The molecule has 0 spiro atoms. The summed E-state index contributed by atoms with van der Waals surface area (Å²) in [5.41, 5.74) is 1.09. The Kier molecular flexibility index (Phi) is 3.74. The third-order valence-electron chi connectivity index (χ3n) is 6.17. The zero-order valence-electron chi connectivity index (χ0n) is 14.3. The first kappa shape index (κ1) is 16.0.